The zero-order chi connectivity index (χ0) is 14.0. The Balaban J connectivity index is 2.25. The van der Waals surface area contributed by atoms with Gasteiger partial charge in [-0.25, -0.2) is 4.39 Å². The maximum Gasteiger partial charge on any atom is 0.123 e. The van der Waals surface area contributed by atoms with E-state index in [4.69, 9.17) is 17.3 Å². The van der Waals surface area contributed by atoms with E-state index in [-0.39, 0.29) is 11.9 Å². The fourth-order valence-corrected chi connectivity index (χ4v) is 2.74. The molecule has 0 saturated carbocycles. The maximum absolute atomic E-state index is 13.2. The van der Waals surface area contributed by atoms with Crippen molar-refractivity contribution in [3.8, 4) is 0 Å². The summed E-state index contributed by atoms with van der Waals surface area (Å²) >= 11 is 9.44. The van der Waals surface area contributed by atoms with Crippen LogP contribution in [0.4, 0.5) is 4.39 Å². The zero-order valence-electron chi connectivity index (χ0n) is 10.5. The predicted octanol–water partition coefficient (Wildman–Crippen LogP) is 4.79. The number of halogens is 3. The molecule has 19 heavy (non-hydrogen) atoms. The van der Waals surface area contributed by atoms with E-state index in [1.807, 2.05) is 25.1 Å². The molecule has 2 N–H and O–H groups in total. The summed E-state index contributed by atoms with van der Waals surface area (Å²) in [5.74, 6) is -0.257. The molecule has 0 amide bonds. The first kappa shape index (κ1) is 14.5. The number of rotatable bonds is 3. The fourth-order valence-electron chi connectivity index (χ4n) is 2.03. The molecule has 0 saturated heterocycles. The van der Waals surface area contributed by atoms with Crippen LogP contribution in [-0.2, 0) is 6.42 Å². The van der Waals surface area contributed by atoms with Gasteiger partial charge in [-0.2, -0.15) is 0 Å². The molecular weight excluding hydrogens is 329 g/mol. The molecule has 0 fully saturated rings. The van der Waals surface area contributed by atoms with Gasteiger partial charge in [-0.1, -0.05) is 33.6 Å². The van der Waals surface area contributed by atoms with E-state index in [0.29, 0.717) is 11.4 Å². The second kappa shape index (κ2) is 6.04. The molecule has 1 atom stereocenters. The molecule has 1 nitrogen and oxygen atoms in total. The summed E-state index contributed by atoms with van der Waals surface area (Å²) in [6.07, 6.45) is 0.554. The van der Waals surface area contributed by atoms with Gasteiger partial charge in [-0.3, -0.25) is 0 Å². The molecule has 0 spiro atoms. The van der Waals surface area contributed by atoms with Gasteiger partial charge in [0.25, 0.3) is 0 Å². The van der Waals surface area contributed by atoms with Crippen molar-refractivity contribution in [1.82, 2.24) is 0 Å². The van der Waals surface area contributed by atoms with Crippen LogP contribution in [0, 0.1) is 12.7 Å². The fraction of sp³-hybridized carbons (Fsp3) is 0.200. The average molecular weight is 343 g/mol. The first-order valence-electron chi connectivity index (χ1n) is 5.92. The molecule has 1 unspecified atom stereocenters. The van der Waals surface area contributed by atoms with E-state index in [1.165, 1.54) is 12.1 Å². The van der Waals surface area contributed by atoms with E-state index in [0.717, 1.165) is 21.2 Å². The molecule has 0 aromatic heterocycles. The monoisotopic (exact) mass is 341 g/mol. The number of aryl methyl sites for hydroxylation is 1. The summed E-state index contributed by atoms with van der Waals surface area (Å²) in [5, 5.41) is 0.670. The van der Waals surface area contributed by atoms with E-state index in [9.17, 15) is 4.39 Å². The van der Waals surface area contributed by atoms with Crippen molar-refractivity contribution in [3.63, 3.8) is 0 Å². The van der Waals surface area contributed by atoms with Gasteiger partial charge in [0.15, 0.2) is 0 Å². The summed E-state index contributed by atoms with van der Waals surface area (Å²) in [4.78, 5) is 0. The summed E-state index contributed by atoms with van der Waals surface area (Å²) in [6.45, 7) is 1.97. The zero-order valence-corrected chi connectivity index (χ0v) is 12.8. The van der Waals surface area contributed by atoms with Crippen molar-refractivity contribution in [3.05, 3.63) is 68.4 Å². The minimum absolute atomic E-state index is 0.213. The Morgan fingerprint density at radius 1 is 1.26 bits per heavy atom. The highest BCUT2D eigenvalue weighted by molar-refractivity contribution is 9.10. The van der Waals surface area contributed by atoms with Crippen LogP contribution in [-0.4, -0.2) is 0 Å². The number of hydrogen-bond acceptors (Lipinski definition) is 1. The van der Waals surface area contributed by atoms with Gasteiger partial charge in [0.05, 0.1) is 0 Å². The van der Waals surface area contributed by atoms with Crippen LogP contribution in [0.1, 0.15) is 22.7 Å². The number of benzene rings is 2. The molecule has 2 rings (SSSR count). The minimum Gasteiger partial charge on any atom is -0.324 e. The third-order valence-corrected chi connectivity index (χ3v) is 3.93. The van der Waals surface area contributed by atoms with Gasteiger partial charge in [0.1, 0.15) is 5.82 Å². The van der Waals surface area contributed by atoms with Crippen LogP contribution in [0.3, 0.4) is 0 Å². The van der Waals surface area contributed by atoms with Crippen molar-refractivity contribution in [1.29, 1.82) is 0 Å². The lowest BCUT2D eigenvalue weighted by molar-refractivity contribution is 0.621. The molecule has 0 aliphatic heterocycles. The second-order valence-electron chi connectivity index (χ2n) is 4.61. The predicted molar refractivity (Wildman–Crippen MR) is 80.9 cm³/mol. The largest absolute Gasteiger partial charge is 0.324 e. The summed E-state index contributed by atoms with van der Waals surface area (Å²) in [7, 11) is 0. The molecule has 0 heterocycles. The Morgan fingerprint density at radius 3 is 2.68 bits per heavy atom. The lowest BCUT2D eigenvalue weighted by atomic mass is 9.98. The second-order valence-corrected chi connectivity index (χ2v) is 5.90. The standard InChI is InChI=1S/C15H14BrClFN/c1-9-4-11(6-12(17)5-9)15(19)8-10-7-13(18)2-3-14(10)16/h2-7,15H,8,19H2,1H3. The summed E-state index contributed by atoms with van der Waals surface area (Å²) in [6, 6.07) is 10.1. The number of nitrogens with two attached hydrogens (primary N) is 1. The normalized spacial score (nSPS) is 12.5. The first-order valence-corrected chi connectivity index (χ1v) is 7.09. The van der Waals surface area contributed by atoms with Crippen molar-refractivity contribution < 1.29 is 4.39 Å². The van der Waals surface area contributed by atoms with Crippen LogP contribution >= 0.6 is 27.5 Å². The molecule has 4 heteroatoms. The SMILES string of the molecule is Cc1cc(Cl)cc(C(N)Cc2cc(F)ccc2Br)c1. The van der Waals surface area contributed by atoms with Crippen molar-refractivity contribution in [2.75, 3.05) is 0 Å². The van der Waals surface area contributed by atoms with Gasteiger partial charge in [0, 0.05) is 15.5 Å². The lowest BCUT2D eigenvalue weighted by Crippen LogP contribution is -2.14. The van der Waals surface area contributed by atoms with Gasteiger partial charge < -0.3 is 5.73 Å². The molecule has 2 aromatic carbocycles. The Kier molecular flexibility index (Phi) is 4.61. The van der Waals surface area contributed by atoms with Crippen LogP contribution in [0.5, 0.6) is 0 Å². The molecule has 0 bridgehead atoms. The lowest BCUT2D eigenvalue weighted by Gasteiger charge is -2.14. The van der Waals surface area contributed by atoms with Crippen molar-refractivity contribution >= 4 is 27.5 Å². The summed E-state index contributed by atoms with van der Waals surface area (Å²) < 4.78 is 14.1. The highest BCUT2D eigenvalue weighted by Gasteiger charge is 2.11. The topological polar surface area (TPSA) is 26.0 Å². The molecule has 0 aliphatic rings. The van der Waals surface area contributed by atoms with Crippen LogP contribution in [0.15, 0.2) is 40.9 Å². The van der Waals surface area contributed by atoms with Crippen LogP contribution in [0.25, 0.3) is 0 Å². The minimum atomic E-state index is -0.257. The molecule has 0 radical (unpaired) electrons. The van der Waals surface area contributed by atoms with Gasteiger partial charge in [-0.05, 0) is 60.4 Å². The Labute approximate surface area is 125 Å². The van der Waals surface area contributed by atoms with Crippen LogP contribution < -0.4 is 5.73 Å². The third-order valence-electron chi connectivity index (χ3n) is 2.94. The van der Waals surface area contributed by atoms with Crippen molar-refractivity contribution in [2.45, 2.75) is 19.4 Å². The van der Waals surface area contributed by atoms with E-state index >= 15 is 0 Å². The van der Waals surface area contributed by atoms with Gasteiger partial charge in [-0.15, -0.1) is 0 Å². The van der Waals surface area contributed by atoms with E-state index < -0.39 is 0 Å². The Bertz CT molecular complexity index is 580. The molecule has 2 aromatic rings. The maximum atomic E-state index is 13.2. The quantitative estimate of drug-likeness (QED) is 0.852. The number of hydrogen-bond donors (Lipinski definition) is 1. The molecule has 100 valence electrons. The van der Waals surface area contributed by atoms with Gasteiger partial charge in [0.2, 0.25) is 0 Å². The smallest absolute Gasteiger partial charge is 0.123 e. The average Bonchev–Trinajstić information content (AvgIpc) is 2.32. The van der Waals surface area contributed by atoms with Crippen molar-refractivity contribution in [2.24, 2.45) is 5.73 Å². The Hall–Kier alpha value is -0.900. The van der Waals surface area contributed by atoms with Crippen LogP contribution in [0.2, 0.25) is 5.02 Å². The summed E-state index contributed by atoms with van der Waals surface area (Å²) in [5.41, 5.74) is 9.06. The van der Waals surface area contributed by atoms with Gasteiger partial charge >= 0.3 is 0 Å². The highest BCUT2D eigenvalue weighted by atomic mass is 79.9. The van der Waals surface area contributed by atoms with E-state index in [1.54, 1.807) is 6.07 Å². The molecular formula is C15H14BrClFN. The Morgan fingerprint density at radius 2 is 2.00 bits per heavy atom. The first-order chi connectivity index (χ1) is 8.95. The molecule has 0 aliphatic carbocycles. The highest BCUT2D eigenvalue weighted by Crippen LogP contribution is 2.25. The van der Waals surface area contributed by atoms with E-state index in [2.05, 4.69) is 15.9 Å². The third kappa shape index (κ3) is 3.78.